The van der Waals surface area contributed by atoms with Gasteiger partial charge in [0.15, 0.2) is 0 Å². The summed E-state index contributed by atoms with van der Waals surface area (Å²) in [7, 11) is 2.36. The van der Waals surface area contributed by atoms with Crippen molar-refractivity contribution in [2.24, 2.45) is 5.11 Å². The van der Waals surface area contributed by atoms with Crippen molar-refractivity contribution < 1.29 is 41.8 Å². The molecular formula is C25H34F3N5O6. The lowest BCUT2D eigenvalue weighted by Crippen LogP contribution is -2.58. The Hall–Kier alpha value is -3.67. The Balaban J connectivity index is 2.50. The number of piperidine rings is 1. The van der Waals surface area contributed by atoms with Crippen molar-refractivity contribution in [3.63, 3.8) is 0 Å². The number of amides is 2. The summed E-state index contributed by atoms with van der Waals surface area (Å²) in [6.45, 7) is 6.68. The number of hydrogen-bond donors (Lipinski definition) is 0. The van der Waals surface area contributed by atoms with Crippen LogP contribution in [0.25, 0.3) is 10.4 Å². The largest absolute Gasteiger partial charge is 0.469 e. The van der Waals surface area contributed by atoms with E-state index in [0.717, 1.165) is 13.2 Å². The SMILES string of the molecule is CC[C@@H]1C[C@H](N(Cc2cc(N=[N+]=[N-])cc(C(F)(F)F)c2)C(=O)OC)C[C@H](CC(=O)OC)N1C(=O)OC(C)(C)C. The van der Waals surface area contributed by atoms with Gasteiger partial charge in [0.05, 0.1) is 26.2 Å². The summed E-state index contributed by atoms with van der Waals surface area (Å²) in [5.41, 5.74) is 6.71. The fourth-order valence-corrected chi connectivity index (χ4v) is 4.63. The molecule has 39 heavy (non-hydrogen) atoms. The molecule has 0 saturated carbocycles. The van der Waals surface area contributed by atoms with E-state index >= 15 is 0 Å². The van der Waals surface area contributed by atoms with Crippen LogP contribution in [0.5, 0.6) is 0 Å². The third-order valence-corrected chi connectivity index (χ3v) is 6.25. The normalized spacial score (nSPS) is 19.5. The minimum atomic E-state index is -4.72. The number of halogens is 3. The highest BCUT2D eigenvalue weighted by atomic mass is 19.4. The molecule has 0 bridgehead atoms. The van der Waals surface area contributed by atoms with Crippen molar-refractivity contribution in [2.45, 2.75) is 89.8 Å². The Labute approximate surface area is 224 Å². The van der Waals surface area contributed by atoms with Crippen LogP contribution < -0.4 is 0 Å². The number of azide groups is 1. The van der Waals surface area contributed by atoms with Crippen molar-refractivity contribution >= 4 is 23.8 Å². The van der Waals surface area contributed by atoms with Crippen LogP contribution in [-0.4, -0.2) is 65.9 Å². The van der Waals surface area contributed by atoms with E-state index in [0.29, 0.717) is 12.5 Å². The number of carbonyl (C=O) groups is 3. The van der Waals surface area contributed by atoms with Gasteiger partial charge in [0.2, 0.25) is 0 Å². The molecule has 1 heterocycles. The molecule has 1 aliphatic heterocycles. The second-order valence-corrected chi connectivity index (χ2v) is 10.2. The molecule has 0 aliphatic carbocycles. The van der Waals surface area contributed by atoms with Gasteiger partial charge in [0.25, 0.3) is 0 Å². The maximum absolute atomic E-state index is 13.5. The number of methoxy groups -OCH3 is 2. The average molecular weight is 558 g/mol. The summed E-state index contributed by atoms with van der Waals surface area (Å²) in [5.74, 6) is -0.578. The number of ether oxygens (including phenoxy) is 3. The summed E-state index contributed by atoms with van der Waals surface area (Å²) in [5, 5.41) is 3.30. The molecule has 14 heteroatoms. The summed E-state index contributed by atoms with van der Waals surface area (Å²) in [6.07, 6.45) is -5.51. The van der Waals surface area contributed by atoms with E-state index in [4.69, 9.17) is 19.7 Å². The first-order chi connectivity index (χ1) is 18.1. The third kappa shape index (κ3) is 8.67. The van der Waals surface area contributed by atoms with Gasteiger partial charge in [-0.05, 0) is 69.3 Å². The number of hydrogen-bond acceptors (Lipinski definition) is 7. The topological polar surface area (TPSA) is 134 Å². The molecule has 1 aromatic carbocycles. The van der Waals surface area contributed by atoms with E-state index in [9.17, 15) is 27.6 Å². The fraction of sp³-hybridized carbons (Fsp3) is 0.640. The van der Waals surface area contributed by atoms with Gasteiger partial charge in [0.1, 0.15) is 5.60 Å². The first-order valence-corrected chi connectivity index (χ1v) is 12.3. The number of benzene rings is 1. The average Bonchev–Trinajstić information content (AvgIpc) is 2.84. The van der Waals surface area contributed by atoms with E-state index in [1.165, 1.54) is 23.0 Å². The quantitative estimate of drug-likeness (QED) is 0.126. The monoisotopic (exact) mass is 557 g/mol. The zero-order valence-corrected chi connectivity index (χ0v) is 22.8. The first kappa shape index (κ1) is 31.5. The molecule has 0 aromatic heterocycles. The molecule has 11 nitrogen and oxygen atoms in total. The number of alkyl halides is 3. The zero-order chi connectivity index (χ0) is 29.5. The Bertz CT molecular complexity index is 1100. The molecule has 0 spiro atoms. The molecule has 1 aliphatic rings. The Kier molecular flexibility index (Phi) is 10.5. The third-order valence-electron chi connectivity index (χ3n) is 6.25. The molecule has 0 N–H and O–H groups in total. The summed E-state index contributed by atoms with van der Waals surface area (Å²) in [4.78, 5) is 43.6. The van der Waals surface area contributed by atoms with Crippen LogP contribution in [0.4, 0.5) is 28.4 Å². The minimum absolute atomic E-state index is 0.0600. The first-order valence-electron chi connectivity index (χ1n) is 12.3. The molecule has 3 atom stereocenters. The standard InChI is InChI=1S/C25H34F3N5O6/c1-7-18-11-19(12-20(13-21(34)37-5)33(18)23(36)39-24(2,3)4)32(22(35)38-6)14-15-8-16(25(26,27)28)10-17(9-15)30-31-29/h8-10,18-20H,7,11-14H2,1-6H3/t18-,19+,20-/m1/s1. The van der Waals surface area contributed by atoms with Crippen LogP contribution in [0, 0.1) is 0 Å². The van der Waals surface area contributed by atoms with E-state index in [1.54, 1.807) is 20.8 Å². The van der Waals surface area contributed by atoms with Gasteiger partial charge in [-0.15, -0.1) is 0 Å². The highest BCUT2D eigenvalue weighted by Crippen LogP contribution is 2.36. The van der Waals surface area contributed by atoms with E-state index in [2.05, 4.69) is 10.0 Å². The van der Waals surface area contributed by atoms with Crippen LogP contribution in [0.3, 0.4) is 0 Å². The van der Waals surface area contributed by atoms with Crippen LogP contribution in [-0.2, 0) is 31.7 Å². The maximum atomic E-state index is 13.5. The number of esters is 1. The van der Waals surface area contributed by atoms with E-state index in [1.807, 2.05) is 6.92 Å². The molecule has 0 unspecified atom stereocenters. The lowest BCUT2D eigenvalue weighted by molar-refractivity contribution is -0.143. The van der Waals surface area contributed by atoms with Gasteiger partial charge >= 0.3 is 24.3 Å². The molecule has 1 fully saturated rings. The highest BCUT2D eigenvalue weighted by Gasteiger charge is 2.43. The highest BCUT2D eigenvalue weighted by molar-refractivity contribution is 5.74. The Morgan fingerprint density at radius 2 is 1.74 bits per heavy atom. The number of carbonyl (C=O) groups excluding carboxylic acids is 3. The fourth-order valence-electron chi connectivity index (χ4n) is 4.63. The van der Waals surface area contributed by atoms with Crippen molar-refractivity contribution in [3.05, 3.63) is 39.8 Å². The Morgan fingerprint density at radius 1 is 1.10 bits per heavy atom. The molecule has 2 rings (SSSR count). The van der Waals surface area contributed by atoms with Gasteiger partial charge < -0.3 is 24.0 Å². The smallest absolute Gasteiger partial charge is 0.416 e. The van der Waals surface area contributed by atoms with E-state index in [-0.39, 0.29) is 37.1 Å². The van der Waals surface area contributed by atoms with Crippen molar-refractivity contribution in [3.8, 4) is 0 Å². The maximum Gasteiger partial charge on any atom is 0.416 e. The zero-order valence-electron chi connectivity index (χ0n) is 22.8. The lowest BCUT2D eigenvalue weighted by Gasteiger charge is -2.47. The van der Waals surface area contributed by atoms with Gasteiger partial charge in [-0.25, -0.2) is 9.59 Å². The van der Waals surface area contributed by atoms with Gasteiger partial charge in [-0.1, -0.05) is 12.0 Å². The number of likely N-dealkylation sites (tertiary alicyclic amines) is 1. The number of rotatable bonds is 7. The van der Waals surface area contributed by atoms with Crippen LogP contribution in [0.2, 0.25) is 0 Å². The van der Waals surface area contributed by atoms with Gasteiger partial charge in [-0.3, -0.25) is 4.79 Å². The van der Waals surface area contributed by atoms with Crippen LogP contribution in [0.1, 0.15) is 64.5 Å². The molecule has 0 radical (unpaired) electrons. The molecule has 216 valence electrons. The van der Waals surface area contributed by atoms with Crippen molar-refractivity contribution in [1.82, 2.24) is 9.80 Å². The van der Waals surface area contributed by atoms with Crippen LogP contribution >= 0.6 is 0 Å². The summed E-state index contributed by atoms with van der Waals surface area (Å²) >= 11 is 0. The van der Waals surface area contributed by atoms with Crippen LogP contribution in [0.15, 0.2) is 23.3 Å². The van der Waals surface area contributed by atoms with Crippen molar-refractivity contribution in [2.75, 3.05) is 14.2 Å². The molecule has 2 amide bonds. The predicted molar refractivity (Wildman–Crippen MR) is 134 cm³/mol. The molecule has 1 aromatic rings. The predicted octanol–water partition coefficient (Wildman–Crippen LogP) is 6.33. The Morgan fingerprint density at radius 3 is 2.26 bits per heavy atom. The second-order valence-electron chi connectivity index (χ2n) is 10.2. The minimum Gasteiger partial charge on any atom is -0.469 e. The van der Waals surface area contributed by atoms with Gasteiger partial charge in [0, 0.05) is 35.3 Å². The molecular weight excluding hydrogens is 523 g/mol. The second kappa shape index (κ2) is 12.9. The lowest BCUT2D eigenvalue weighted by atomic mass is 9.87. The molecule has 1 saturated heterocycles. The summed E-state index contributed by atoms with van der Waals surface area (Å²) in [6, 6.07) is 1.04. The van der Waals surface area contributed by atoms with Gasteiger partial charge in [-0.2, -0.15) is 13.2 Å². The summed E-state index contributed by atoms with van der Waals surface area (Å²) < 4.78 is 55.9. The van der Waals surface area contributed by atoms with E-state index < -0.39 is 53.6 Å². The van der Waals surface area contributed by atoms with Crippen molar-refractivity contribution in [1.29, 1.82) is 0 Å². The number of nitrogens with zero attached hydrogens (tertiary/aromatic N) is 5.